The second kappa shape index (κ2) is 3.26. The lowest BCUT2D eigenvalue weighted by atomic mass is 9.99. The van der Waals surface area contributed by atoms with E-state index in [9.17, 15) is 0 Å². The Hall–Kier alpha value is -1.50. The molecule has 0 bridgehead atoms. The second-order valence-corrected chi connectivity index (χ2v) is 2.73. The van der Waals surface area contributed by atoms with E-state index in [0.29, 0.717) is 5.92 Å². The number of benzene rings is 1. The Bertz CT molecular complexity index is 286. The summed E-state index contributed by atoms with van der Waals surface area (Å²) in [7, 11) is 0. The van der Waals surface area contributed by atoms with E-state index in [0.717, 1.165) is 0 Å². The molecule has 0 radical (unpaired) electrons. The van der Waals surface area contributed by atoms with E-state index in [2.05, 4.69) is 12.1 Å². The molecule has 1 heteroatoms. The van der Waals surface area contributed by atoms with E-state index < -0.39 is 0 Å². The fraction of sp³-hybridized carbons (Fsp3) is 0.0909. The quantitative estimate of drug-likeness (QED) is 0.610. The minimum Gasteiger partial charge on any atom is -0.473 e. The van der Waals surface area contributed by atoms with Gasteiger partial charge in [-0.25, -0.2) is 0 Å². The van der Waals surface area contributed by atoms with Crippen molar-refractivity contribution in [3.63, 3.8) is 0 Å². The van der Waals surface area contributed by atoms with E-state index in [4.69, 9.17) is 4.74 Å². The van der Waals surface area contributed by atoms with Crippen LogP contribution < -0.4 is 0 Å². The van der Waals surface area contributed by atoms with Gasteiger partial charge in [-0.3, -0.25) is 0 Å². The highest BCUT2D eigenvalue weighted by Gasteiger charge is 2.04. The van der Waals surface area contributed by atoms with Crippen molar-refractivity contribution in [3.05, 3.63) is 60.6 Å². The molecule has 2 rings (SSSR count). The van der Waals surface area contributed by atoms with Crippen LogP contribution in [0, 0.1) is 0 Å². The molecular formula is C11H10O. The van der Waals surface area contributed by atoms with Gasteiger partial charge in [0.2, 0.25) is 0 Å². The lowest BCUT2D eigenvalue weighted by Gasteiger charge is -2.10. The van der Waals surface area contributed by atoms with Gasteiger partial charge < -0.3 is 4.74 Å². The molecule has 0 atom stereocenters. The average molecular weight is 158 g/mol. The van der Waals surface area contributed by atoms with Gasteiger partial charge in [-0.05, 0) is 17.7 Å². The molecule has 0 fully saturated rings. The molecule has 1 aliphatic heterocycles. The fourth-order valence-electron chi connectivity index (χ4n) is 1.27. The largest absolute Gasteiger partial charge is 0.473 e. The highest BCUT2D eigenvalue weighted by atomic mass is 16.5. The van der Waals surface area contributed by atoms with Gasteiger partial charge in [-0.2, -0.15) is 0 Å². The molecule has 0 spiro atoms. The summed E-state index contributed by atoms with van der Waals surface area (Å²) < 4.78 is 4.96. The molecule has 1 heterocycles. The first-order valence-corrected chi connectivity index (χ1v) is 4.00. The van der Waals surface area contributed by atoms with Crippen LogP contribution in [0.5, 0.6) is 0 Å². The molecule has 12 heavy (non-hydrogen) atoms. The SMILES string of the molecule is C1=CC(c2ccccc2)C=CO1. The third-order valence-corrected chi connectivity index (χ3v) is 1.91. The maximum atomic E-state index is 4.96. The summed E-state index contributed by atoms with van der Waals surface area (Å²) in [5, 5.41) is 0. The molecule has 0 aromatic heterocycles. The standard InChI is InChI=1S/C11H10O/c1-2-4-10(5-3-1)11-6-8-12-9-7-11/h1-9,11H. The summed E-state index contributed by atoms with van der Waals surface area (Å²) in [6.07, 6.45) is 7.51. The van der Waals surface area contributed by atoms with Gasteiger partial charge in [-0.15, -0.1) is 0 Å². The molecule has 0 aliphatic carbocycles. The molecular weight excluding hydrogens is 148 g/mol. The van der Waals surface area contributed by atoms with Crippen molar-refractivity contribution in [2.24, 2.45) is 0 Å². The van der Waals surface area contributed by atoms with Crippen LogP contribution in [0.1, 0.15) is 11.5 Å². The van der Waals surface area contributed by atoms with Gasteiger partial charge in [0.25, 0.3) is 0 Å². The monoisotopic (exact) mass is 158 g/mol. The molecule has 1 aliphatic rings. The van der Waals surface area contributed by atoms with Crippen molar-refractivity contribution in [1.82, 2.24) is 0 Å². The maximum absolute atomic E-state index is 4.96. The van der Waals surface area contributed by atoms with Crippen LogP contribution in [-0.4, -0.2) is 0 Å². The molecule has 1 nitrogen and oxygen atoms in total. The Morgan fingerprint density at radius 1 is 0.917 bits per heavy atom. The van der Waals surface area contributed by atoms with Crippen LogP contribution in [0.3, 0.4) is 0 Å². The molecule has 1 aromatic rings. The van der Waals surface area contributed by atoms with E-state index in [1.165, 1.54) is 5.56 Å². The van der Waals surface area contributed by atoms with E-state index >= 15 is 0 Å². The van der Waals surface area contributed by atoms with Crippen LogP contribution in [-0.2, 0) is 4.74 Å². The first kappa shape index (κ1) is 7.17. The summed E-state index contributed by atoms with van der Waals surface area (Å²) in [6.45, 7) is 0. The lowest BCUT2D eigenvalue weighted by Crippen LogP contribution is -1.93. The second-order valence-electron chi connectivity index (χ2n) is 2.73. The van der Waals surface area contributed by atoms with Gasteiger partial charge in [0.1, 0.15) is 0 Å². The molecule has 0 unspecified atom stereocenters. The topological polar surface area (TPSA) is 9.23 Å². The highest BCUT2D eigenvalue weighted by Crippen LogP contribution is 2.20. The predicted octanol–water partition coefficient (Wildman–Crippen LogP) is 2.83. The number of rotatable bonds is 1. The van der Waals surface area contributed by atoms with Crippen molar-refractivity contribution in [1.29, 1.82) is 0 Å². The third-order valence-electron chi connectivity index (χ3n) is 1.91. The summed E-state index contributed by atoms with van der Waals surface area (Å²) in [5.74, 6) is 0.375. The van der Waals surface area contributed by atoms with Crippen molar-refractivity contribution >= 4 is 0 Å². The number of hydrogen-bond donors (Lipinski definition) is 0. The van der Waals surface area contributed by atoms with Crippen LogP contribution in [0.2, 0.25) is 0 Å². The van der Waals surface area contributed by atoms with Gasteiger partial charge in [0.15, 0.2) is 0 Å². The van der Waals surface area contributed by atoms with Gasteiger partial charge in [0.05, 0.1) is 12.5 Å². The Kier molecular flexibility index (Phi) is 1.95. The van der Waals surface area contributed by atoms with Crippen LogP contribution in [0.25, 0.3) is 0 Å². The summed E-state index contributed by atoms with van der Waals surface area (Å²) in [5.41, 5.74) is 1.30. The van der Waals surface area contributed by atoms with Crippen molar-refractivity contribution in [2.75, 3.05) is 0 Å². The predicted molar refractivity (Wildman–Crippen MR) is 48.5 cm³/mol. The maximum Gasteiger partial charge on any atom is 0.0870 e. The van der Waals surface area contributed by atoms with Gasteiger partial charge in [0, 0.05) is 5.92 Å². The third kappa shape index (κ3) is 1.40. The molecule has 60 valence electrons. The summed E-state index contributed by atoms with van der Waals surface area (Å²) >= 11 is 0. The number of allylic oxidation sites excluding steroid dienone is 2. The zero-order chi connectivity index (χ0) is 8.23. The van der Waals surface area contributed by atoms with Gasteiger partial charge >= 0.3 is 0 Å². The zero-order valence-corrected chi connectivity index (χ0v) is 6.68. The van der Waals surface area contributed by atoms with Crippen LogP contribution in [0.15, 0.2) is 55.0 Å². The minimum absolute atomic E-state index is 0.375. The van der Waals surface area contributed by atoms with Crippen molar-refractivity contribution in [3.8, 4) is 0 Å². The fourth-order valence-corrected chi connectivity index (χ4v) is 1.27. The lowest BCUT2D eigenvalue weighted by molar-refractivity contribution is 0.390. The molecule has 0 amide bonds. The normalized spacial score (nSPS) is 16.0. The molecule has 0 N–H and O–H groups in total. The first-order valence-electron chi connectivity index (χ1n) is 4.00. The first-order chi connectivity index (χ1) is 5.97. The molecule has 0 saturated carbocycles. The molecule has 1 aromatic carbocycles. The Morgan fingerprint density at radius 2 is 1.58 bits per heavy atom. The summed E-state index contributed by atoms with van der Waals surface area (Å²) in [4.78, 5) is 0. The van der Waals surface area contributed by atoms with Crippen molar-refractivity contribution < 1.29 is 4.74 Å². The van der Waals surface area contributed by atoms with Crippen LogP contribution >= 0.6 is 0 Å². The molecule has 0 saturated heterocycles. The number of hydrogen-bond acceptors (Lipinski definition) is 1. The Morgan fingerprint density at radius 3 is 2.25 bits per heavy atom. The number of ether oxygens (including phenoxy) is 1. The van der Waals surface area contributed by atoms with Crippen LogP contribution in [0.4, 0.5) is 0 Å². The highest BCUT2D eigenvalue weighted by molar-refractivity contribution is 5.28. The van der Waals surface area contributed by atoms with E-state index in [1.807, 2.05) is 30.4 Å². The van der Waals surface area contributed by atoms with E-state index in [1.54, 1.807) is 12.5 Å². The minimum atomic E-state index is 0.375. The van der Waals surface area contributed by atoms with E-state index in [-0.39, 0.29) is 0 Å². The van der Waals surface area contributed by atoms with Gasteiger partial charge in [-0.1, -0.05) is 30.3 Å². The zero-order valence-electron chi connectivity index (χ0n) is 6.68. The Balaban J connectivity index is 2.25. The average Bonchev–Trinajstić information content (AvgIpc) is 2.21. The smallest absolute Gasteiger partial charge is 0.0870 e. The summed E-state index contributed by atoms with van der Waals surface area (Å²) in [6, 6.07) is 10.4. The van der Waals surface area contributed by atoms with Crippen molar-refractivity contribution in [2.45, 2.75) is 5.92 Å². The Labute approximate surface area is 72.0 Å².